The standard InChI is InChI=1S/C9H13.C4H10N.C3H7.CH3Si.2ClH.Ti/c1-6-5-7(2)9(4)8(6)3;1-4(2,3)5;1-3-2;1-2;;;/h5H,1-4H3;5H,1-3H3;3H,1-2H3;1H,2H2;2*1H;/q4*-1;;;+4/p-2. The van der Waals surface area contributed by atoms with Crippen molar-refractivity contribution in [3.8, 4) is 0 Å². The quantitative estimate of drug-likeness (QED) is 0.381. The molecule has 0 fully saturated rings. The second-order valence-corrected chi connectivity index (χ2v) is 5.59. The summed E-state index contributed by atoms with van der Waals surface area (Å²) >= 11 is 0. The second kappa shape index (κ2) is 21.7. The molecule has 1 aromatic rings. The number of aryl methyl sites for hydroxylation is 2. The number of rotatable bonds is 0. The molecule has 0 aromatic heterocycles. The van der Waals surface area contributed by atoms with E-state index in [0.717, 1.165) is 0 Å². The van der Waals surface area contributed by atoms with E-state index in [1.807, 2.05) is 41.0 Å². The SMILES string of the molecule is CC(C)(C)[NH-].C[CH-]C.Cc1c[c-](C)c(C)c1C.[CH-]=[SiH2].[Cl-].[Cl-].[Ti+4]. The first-order chi connectivity index (χ1) is 8.54. The van der Waals surface area contributed by atoms with Crippen molar-refractivity contribution in [1.82, 2.24) is 0 Å². The molecule has 130 valence electrons. The summed E-state index contributed by atoms with van der Waals surface area (Å²) in [7, 11) is 1.36. The molecule has 0 unspecified atom stereocenters. The summed E-state index contributed by atoms with van der Waals surface area (Å²) in [5.74, 6) is 0. The molecule has 0 aliphatic rings. The van der Waals surface area contributed by atoms with E-state index in [4.69, 9.17) is 5.73 Å². The zero-order valence-corrected chi connectivity index (χ0v) is 20.2. The van der Waals surface area contributed by atoms with Gasteiger partial charge in [0, 0.05) is 0 Å². The Labute approximate surface area is 170 Å². The van der Waals surface area contributed by atoms with E-state index in [1.165, 1.54) is 32.1 Å². The van der Waals surface area contributed by atoms with Crippen molar-refractivity contribution in [1.29, 1.82) is 0 Å². The van der Waals surface area contributed by atoms with Crippen molar-refractivity contribution in [2.45, 2.75) is 67.9 Å². The molecule has 0 saturated heterocycles. The van der Waals surface area contributed by atoms with Crippen LogP contribution in [0.25, 0.3) is 5.73 Å². The maximum Gasteiger partial charge on any atom is 4.00 e. The van der Waals surface area contributed by atoms with Crippen LogP contribution in [0.2, 0.25) is 0 Å². The molecule has 1 aromatic carbocycles. The van der Waals surface area contributed by atoms with Gasteiger partial charge in [0.2, 0.25) is 0 Å². The Balaban J connectivity index is -0.0000000433. The largest absolute Gasteiger partial charge is 4.00 e. The molecule has 0 amide bonds. The summed E-state index contributed by atoms with van der Waals surface area (Å²) in [5, 5.41) is 0. The average Bonchev–Trinajstić information content (AvgIpc) is 2.47. The van der Waals surface area contributed by atoms with Gasteiger partial charge >= 0.3 is 21.7 Å². The first-order valence-corrected chi connectivity index (χ1v) is 7.46. The summed E-state index contributed by atoms with van der Waals surface area (Å²) < 4.78 is 0. The minimum absolute atomic E-state index is 0. The van der Waals surface area contributed by atoms with Gasteiger partial charge in [-0.3, -0.25) is 0 Å². The number of hydrogen-bond acceptors (Lipinski definition) is 0. The van der Waals surface area contributed by atoms with Crippen LogP contribution in [0.4, 0.5) is 0 Å². The first-order valence-electron chi connectivity index (χ1n) is 6.64. The molecule has 0 heterocycles. The molecule has 0 radical (unpaired) electrons. The van der Waals surface area contributed by atoms with Crippen LogP contribution in [-0.4, -0.2) is 21.6 Å². The zero-order chi connectivity index (χ0) is 16.2. The fraction of sp³-hybridized carbons (Fsp3) is 0.588. The molecule has 0 bridgehead atoms. The molecule has 0 atom stereocenters. The van der Waals surface area contributed by atoms with Crippen molar-refractivity contribution in [2.75, 3.05) is 0 Å². The van der Waals surface area contributed by atoms with Gasteiger partial charge in [-0.25, -0.2) is 9.85 Å². The van der Waals surface area contributed by atoms with Crippen LogP contribution in [0.15, 0.2) is 6.07 Å². The van der Waals surface area contributed by atoms with Crippen molar-refractivity contribution >= 4 is 16.0 Å². The molecule has 1 nitrogen and oxygen atoms in total. The summed E-state index contributed by atoms with van der Waals surface area (Å²) in [4.78, 5) is 0. The Bertz CT molecular complexity index is 306. The van der Waals surface area contributed by atoms with Crippen LogP contribution in [0.1, 0.15) is 56.9 Å². The summed E-state index contributed by atoms with van der Waals surface area (Å²) in [6.45, 7) is 18.2. The van der Waals surface area contributed by atoms with Crippen LogP contribution in [0, 0.1) is 34.1 Å². The van der Waals surface area contributed by atoms with Crippen molar-refractivity contribution in [3.05, 3.63) is 40.5 Å². The van der Waals surface area contributed by atoms with E-state index < -0.39 is 0 Å². The Morgan fingerprint density at radius 2 is 1.32 bits per heavy atom. The molecule has 1 N–H and O–H groups in total. The Morgan fingerprint density at radius 3 is 1.36 bits per heavy atom. The molecule has 0 aliphatic heterocycles. The molecular formula is C17H33Cl2NSiTi-2. The monoisotopic (exact) mass is 397 g/mol. The average molecular weight is 398 g/mol. The van der Waals surface area contributed by atoms with Crippen LogP contribution < -0.4 is 24.8 Å². The van der Waals surface area contributed by atoms with Crippen LogP contribution >= 0.6 is 0 Å². The fourth-order valence-corrected chi connectivity index (χ4v) is 1.13. The summed E-state index contributed by atoms with van der Waals surface area (Å²) in [6, 6.07) is 2.24. The van der Waals surface area contributed by atoms with Gasteiger partial charge in [-0.05, 0) is 0 Å². The van der Waals surface area contributed by atoms with Gasteiger partial charge in [0.25, 0.3) is 0 Å². The normalized spacial score (nSPS) is 7.91. The molecule has 0 spiro atoms. The van der Waals surface area contributed by atoms with Gasteiger partial charge in [0.15, 0.2) is 0 Å². The summed E-state index contributed by atoms with van der Waals surface area (Å²) in [6.07, 6.45) is 6.53. The van der Waals surface area contributed by atoms with Crippen molar-refractivity contribution < 1.29 is 46.5 Å². The van der Waals surface area contributed by atoms with Gasteiger partial charge in [-0.15, -0.1) is 5.54 Å². The fourth-order valence-electron chi connectivity index (χ4n) is 1.13. The Hall–Kier alpha value is 0.691. The van der Waals surface area contributed by atoms with Gasteiger partial charge in [-0.1, -0.05) is 48.5 Å². The Morgan fingerprint density at radius 1 is 1.09 bits per heavy atom. The van der Waals surface area contributed by atoms with E-state index in [1.54, 1.807) is 0 Å². The maximum atomic E-state index is 6.94. The molecule has 0 saturated carbocycles. The topological polar surface area (TPSA) is 23.8 Å². The summed E-state index contributed by atoms with van der Waals surface area (Å²) in [5.41, 5.74) is 12.4. The minimum Gasteiger partial charge on any atom is -1.00 e. The number of hydrogen-bond donors (Lipinski definition) is 0. The molecule has 0 aliphatic carbocycles. The van der Waals surface area contributed by atoms with Crippen LogP contribution in [-0.2, 0) is 21.7 Å². The molecule has 22 heavy (non-hydrogen) atoms. The second-order valence-electron chi connectivity index (χ2n) is 5.59. The van der Waals surface area contributed by atoms with E-state index in [-0.39, 0.29) is 52.1 Å². The van der Waals surface area contributed by atoms with E-state index >= 15 is 0 Å². The van der Waals surface area contributed by atoms with Crippen LogP contribution in [0.3, 0.4) is 0 Å². The van der Waals surface area contributed by atoms with E-state index in [2.05, 4.69) is 39.9 Å². The predicted molar refractivity (Wildman–Crippen MR) is 95.3 cm³/mol. The van der Waals surface area contributed by atoms with Gasteiger partial charge in [0.1, 0.15) is 0 Å². The molecule has 1 rings (SSSR count). The smallest absolute Gasteiger partial charge is 1.00 e. The third-order valence-electron chi connectivity index (χ3n) is 2.18. The number of nitrogens with one attached hydrogen (secondary N) is 1. The number of halogens is 2. The zero-order valence-electron chi connectivity index (χ0n) is 15.7. The van der Waals surface area contributed by atoms with Crippen molar-refractivity contribution in [2.24, 2.45) is 0 Å². The van der Waals surface area contributed by atoms with E-state index in [9.17, 15) is 0 Å². The molecule has 5 heteroatoms. The first kappa shape index (κ1) is 38.3. The Kier molecular flexibility index (Phi) is 37.8. The van der Waals surface area contributed by atoms with Crippen LogP contribution in [0.5, 0.6) is 0 Å². The maximum absolute atomic E-state index is 6.94. The third-order valence-corrected chi connectivity index (χ3v) is 2.18. The predicted octanol–water partition coefficient (Wildman–Crippen LogP) is -1.36. The van der Waals surface area contributed by atoms with Gasteiger partial charge < -0.3 is 43.1 Å². The third kappa shape index (κ3) is 28.8. The van der Waals surface area contributed by atoms with E-state index in [0.29, 0.717) is 0 Å². The minimum atomic E-state index is -0.250. The molecular weight excluding hydrogens is 365 g/mol. The van der Waals surface area contributed by atoms with Gasteiger partial charge in [0.05, 0.1) is 0 Å². The van der Waals surface area contributed by atoms with Crippen molar-refractivity contribution in [3.63, 3.8) is 0 Å². The van der Waals surface area contributed by atoms with Gasteiger partial charge in [-0.2, -0.15) is 42.2 Å².